The lowest BCUT2D eigenvalue weighted by Crippen LogP contribution is -2.53. The van der Waals surface area contributed by atoms with E-state index >= 15 is 0 Å². The summed E-state index contributed by atoms with van der Waals surface area (Å²) in [6, 6.07) is 4.75. The van der Waals surface area contributed by atoms with Gasteiger partial charge in [-0.15, -0.1) is 0 Å². The van der Waals surface area contributed by atoms with Gasteiger partial charge in [0.2, 0.25) is 0 Å². The Balaban J connectivity index is 2.66. The lowest BCUT2D eigenvalue weighted by atomic mass is 9.65. The fraction of sp³-hybridized carbons (Fsp3) is 0.588. The largest absolute Gasteiger partial charge is 0.379 e. The first-order chi connectivity index (χ1) is 8.97. The molecule has 1 heterocycles. The molecule has 2 heteroatoms. The zero-order valence-electron chi connectivity index (χ0n) is 12.6. The Labute approximate surface area is 116 Å². The van der Waals surface area contributed by atoms with E-state index in [-0.39, 0.29) is 11.3 Å². The average molecular weight is 257 g/mol. The number of hydrogen-bond acceptors (Lipinski definition) is 2. The standard InChI is InChI=1S/C17H23NO/c1-6-15(8-18)17(9-19-10-17)16-13(4)11(2)7-12(3)14(16)5/h7,15H,6,9-10H2,1-5H3. The van der Waals surface area contributed by atoms with Crippen LogP contribution in [0.3, 0.4) is 0 Å². The highest BCUT2D eigenvalue weighted by atomic mass is 16.5. The zero-order valence-corrected chi connectivity index (χ0v) is 12.6. The van der Waals surface area contributed by atoms with Crippen LogP contribution in [0.1, 0.15) is 41.2 Å². The molecule has 0 bridgehead atoms. The third kappa shape index (κ3) is 1.97. The predicted octanol–water partition coefficient (Wildman–Crippen LogP) is 3.74. The molecule has 0 spiro atoms. The molecule has 102 valence electrons. The molecule has 0 radical (unpaired) electrons. The number of ether oxygens (including phenoxy) is 1. The van der Waals surface area contributed by atoms with E-state index in [1.165, 1.54) is 27.8 Å². The summed E-state index contributed by atoms with van der Waals surface area (Å²) in [5.74, 6) is 0.0415. The Morgan fingerprint density at radius 2 is 1.74 bits per heavy atom. The fourth-order valence-corrected chi connectivity index (χ4v) is 3.41. The SMILES string of the molecule is CCC(C#N)C1(c2c(C)c(C)cc(C)c2C)COC1. The van der Waals surface area contributed by atoms with Gasteiger partial charge >= 0.3 is 0 Å². The van der Waals surface area contributed by atoms with Crippen molar-refractivity contribution in [1.82, 2.24) is 0 Å². The summed E-state index contributed by atoms with van der Waals surface area (Å²) in [7, 11) is 0. The summed E-state index contributed by atoms with van der Waals surface area (Å²) >= 11 is 0. The van der Waals surface area contributed by atoms with Gasteiger partial charge in [-0.05, 0) is 61.9 Å². The van der Waals surface area contributed by atoms with Gasteiger partial charge in [0.15, 0.2) is 0 Å². The maximum atomic E-state index is 9.50. The lowest BCUT2D eigenvalue weighted by Gasteiger charge is -2.47. The molecule has 2 rings (SSSR count). The minimum absolute atomic E-state index is 0.0415. The van der Waals surface area contributed by atoms with Gasteiger partial charge in [0.1, 0.15) is 0 Å². The minimum atomic E-state index is -0.0888. The van der Waals surface area contributed by atoms with E-state index in [2.05, 4.69) is 46.8 Å². The molecule has 1 atom stereocenters. The van der Waals surface area contributed by atoms with Crippen LogP contribution < -0.4 is 0 Å². The van der Waals surface area contributed by atoms with Gasteiger partial charge in [-0.2, -0.15) is 5.26 Å². The molecule has 0 aliphatic carbocycles. The summed E-state index contributed by atoms with van der Waals surface area (Å²) in [6.45, 7) is 12.1. The average Bonchev–Trinajstić information content (AvgIpc) is 2.33. The van der Waals surface area contributed by atoms with Crippen molar-refractivity contribution in [2.75, 3.05) is 13.2 Å². The maximum absolute atomic E-state index is 9.50. The molecule has 0 saturated carbocycles. The van der Waals surface area contributed by atoms with E-state index < -0.39 is 0 Å². The molecule has 1 aromatic rings. The van der Waals surface area contributed by atoms with Gasteiger partial charge in [-0.3, -0.25) is 0 Å². The smallest absolute Gasteiger partial charge is 0.0666 e. The van der Waals surface area contributed by atoms with Gasteiger partial charge in [-0.25, -0.2) is 0 Å². The van der Waals surface area contributed by atoms with Crippen molar-refractivity contribution in [2.45, 2.75) is 46.5 Å². The molecule has 1 fully saturated rings. The molecule has 1 aromatic carbocycles. The van der Waals surface area contributed by atoms with E-state index in [0.29, 0.717) is 13.2 Å². The second-order valence-electron chi connectivity index (χ2n) is 5.87. The van der Waals surface area contributed by atoms with Gasteiger partial charge in [0.25, 0.3) is 0 Å². The van der Waals surface area contributed by atoms with Crippen LogP contribution in [-0.2, 0) is 10.2 Å². The molecule has 2 nitrogen and oxygen atoms in total. The van der Waals surface area contributed by atoms with Crippen LogP contribution in [0.15, 0.2) is 6.07 Å². The predicted molar refractivity (Wildman–Crippen MR) is 77.3 cm³/mol. The number of hydrogen-bond donors (Lipinski definition) is 0. The molecule has 1 unspecified atom stereocenters. The van der Waals surface area contributed by atoms with Crippen LogP contribution in [0.25, 0.3) is 0 Å². The number of rotatable bonds is 3. The van der Waals surface area contributed by atoms with Crippen molar-refractivity contribution >= 4 is 0 Å². The van der Waals surface area contributed by atoms with Crippen LogP contribution in [0, 0.1) is 44.9 Å². The molecule has 0 aromatic heterocycles. The molecule has 0 N–H and O–H groups in total. The highest BCUT2D eigenvalue weighted by Gasteiger charge is 2.48. The Kier molecular flexibility index (Phi) is 3.69. The van der Waals surface area contributed by atoms with E-state index in [4.69, 9.17) is 4.74 Å². The van der Waals surface area contributed by atoms with Gasteiger partial charge < -0.3 is 4.74 Å². The van der Waals surface area contributed by atoms with Crippen molar-refractivity contribution < 1.29 is 4.74 Å². The molecular formula is C17H23NO. The van der Waals surface area contributed by atoms with Gasteiger partial charge in [0, 0.05) is 0 Å². The normalized spacial score (nSPS) is 18.5. The summed E-state index contributed by atoms with van der Waals surface area (Å²) < 4.78 is 5.52. The van der Waals surface area contributed by atoms with E-state index in [9.17, 15) is 5.26 Å². The van der Waals surface area contributed by atoms with Crippen LogP contribution in [0.2, 0.25) is 0 Å². The van der Waals surface area contributed by atoms with Crippen molar-refractivity contribution in [2.24, 2.45) is 5.92 Å². The minimum Gasteiger partial charge on any atom is -0.379 e. The van der Waals surface area contributed by atoms with Crippen LogP contribution in [-0.4, -0.2) is 13.2 Å². The zero-order chi connectivity index (χ0) is 14.2. The van der Waals surface area contributed by atoms with Gasteiger partial charge in [0.05, 0.1) is 30.6 Å². The van der Waals surface area contributed by atoms with Gasteiger partial charge in [-0.1, -0.05) is 13.0 Å². The van der Waals surface area contributed by atoms with E-state index in [1.54, 1.807) is 0 Å². The highest BCUT2D eigenvalue weighted by Crippen LogP contribution is 2.45. The number of benzene rings is 1. The third-order valence-electron chi connectivity index (χ3n) is 4.81. The van der Waals surface area contributed by atoms with Crippen molar-refractivity contribution in [3.63, 3.8) is 0 Å². The first kappa shape index (κ1) is 14.1. The Morgan fingerprint density at radius 1 is 1.21 bits per heavy atom. The van der Waals surface area contributed by atoms with Crippen LogP contribution in [0.5, 0.6) is 0 Å². The van der Waals surface area contributed by atoms with Crippen LogP contribution >= 0.6 is 0 Å². The number of nitrogens with zero attached hydrogens (tertiary/aromatic N) is 1. The summed E-state index contributed by atoms with van der Waals surface area (Å²) in [5, 5.41) is 9.50. The first-order valence-electron chi connectivity index (χ1n) is 7.03. The van der Waals surface area contributed by atoms with Crippen molar-refractivity contribution in [3.8, 4) is 6.07 Å². The quantitative estimate of drug-likeness (QED) is 0.826. The maximum Gasteiger partial charge on any atom is 0.0666 e. The second-order valence-corrected chi connectivity index (χ2v) is 5.87. The molecular weight excluding hydrogens is 234 g/mol. The highest BCUT2D eigenvalue weighted by molar-refractivity contribution is 5.50. The third-order valence-corrected chi connectivity index (χ3v) is 4.81. The molecule has 1 saturated heterocycles. The number of nitriles is 1. The van der Waals surface area contributed by atoms with Crippen LogP contribution in [0.4, 0.5) is 0 Å². The topological polar surface area (TPSA) is 33.0 Å². The van der Waals surface area contributed by atoms with Crippen molar-refractivity contribution in [3.05, 3.63) is 33.9 Å². The fourth-order valence-electron chi connectivity index (χ4n) is 3.41. The first-order valence-corrected chi connectivity index (χ1v) is 7.03. The lowest BCUT2D eigenvalue weighted by molar-refractivity contribution is -0.0811. The second kappa shape index (κ2) is 4.98. The molecule has 1 aliphatic heterocycles. The summed E-state index contributed by atoms with van der Waals surface area (Å²) in [5.41, 5.74) is 6.58. The Bertz CT molecular complexity index is 509. The Hall–Kier alpha value is -1.33. The van der Waals surface area contributed by atoms with E-state index in [1.807, 2.05) is 0 Å². The summed E-state index contributed by atoms with van der Waals surface area (Å²) in [4.78, 5) is 0. The monoisotopic (exact) mass is 257 g/mol. The number of aryl methyl sites for hydroxylation is 2. The van der Waals surface area contributed by atoms with E-state index in [0.717, 1.165) is 6.42 Å². The molecule has 19 heavy (non-hydrogen) atoms. The molecule has 0 amide bonds. The van der Waals surface area contributed by atoms with Crippen molar-refractivity contribution in [1.29, 1.82) is 5.26 Å². The Morgan fingerprint density at radius 3 is 2.05 bits per heavy atom. The summed E-state index contributed by atoms with van der Waals surface area (Å²) in [6.07, 6.45) is 0.881. The molecule has 1 aliphatic rings.